The van der Waals surface area contributed by atoms with Crippen LogP contribution in [0.15, 0.2) is 54.6 Å². The minimum absolute atomic E-state index is 0.0275. The van der Waals surface area contributed by atoms with Crippen LogP contribution in [0.3, 0.4) is 0 Å². The van der Waals surface area contributed by atoms with Crippen molar-refractivity contribution < 1.29 is 18.8 Å². The van der Waals surface area contributed by atoms with Gasteiger partial charge in [0.15, 0.2) is 6.61 Å². The molecule has 5 heteroatoms. The maximum Gasteiger partial charge on any atom is 0.260 e. The van der Waals surface area contributed by atoms with Crippen LogP contribution in [0.5, 0.6) is 5.75 Å². The Bertz CT molecular complexity index is 653. The number of nitrogens with one attached hydrogen (secondary N) is 1. The van der Waals surface area contributed by atoms with Gasteiger partial charge in [0.25, 0.3) is 5.91 Å². The van der Waals surface area contributed by atoms with E-state index in [0.29, 0.717) is 5.75 Å². The van der Waals surface area contributed by atoms with Crippen LogP contribution in [-0.2, 0) is 11.3 Å². The fourth-order valence-corrected chi connectivity index (χ4v) is 2.89. The van der Waals surface area contributed by atoms with Crippen molar-refractivity contribution in [1.82, 2.24) is 4.90 Å². The second kappa shape index (κ2) is 7.93. The molecule has 3 rings (SSSR count). The summed E-state index contributed by atoms with van der Waals surface area (Å²) in [6.45, 7) is 4.20. The van der Waals surface area contributed by atoms with Crippen LogP contribution in [0.2, 0.25) is 0 Å². The third kappa shape index (κ3) is 4.55. The van der Waals surface area contributed by atoms with Crippen molar-refractivity contribution in [3.8, 4) is 5.75 Å². The van der Waals surface area contributed by atoms with Gasteiger partial charge in [0.05, 0.1) is 26.2 Å². The Kier molecular flexibility index (Phi) is 5.43. The van der Waals surface area contributed by atoms with Gasteiger partial charge in [-0.1, -0.05) is 30.3 Å². The lowest BCUT2D eigenvalue weighted by atomic mass is 10.2. The highest BCUT2D eigenvalue weighted by atomic mass is 19.1. The predicted molar refractivity (Wildman–Crippen MR) is 89.3 cm³/mol. The van der Waals surface area contributed by atoms with Crippen molar-refractivity contribution in [3.63, 3.8) is 0 Å². The molecule has 1 amide bonds. The monoisotopic (exact) mass is 329 g/mol. The zero-order valence-electron chi connectivity index (χ0n) is 13.6. The normalized spacial score (nSPS) is 15.3. The Balaban J connectivity index is 1.42. The van der Waals surface area contributed by atoms with Crippen LogP contribution < -0.4 is 9.64 Å². The summed E-state index contributed by atoms with van der Waals surface area (Å²) in [7, 11) is 0. The van der Waals surface area contributed by atoms with Gasteiger partial charge in [-0.2, -0.15) is 0 Å². The zero-order valence-corrected chi connectivity index (χ0v) is 13.6. The highest BCUT2D eigenvalue weighted by molar-refractivity contribution is 5.77. The summed E-state index contributed by atoms with van der Waals surface area (Å²) in [5, 5.41) is 0. The molecular weight excluding hydrogens is 307 g/mol. The molecule has 0 saturated carbocycles. The Morgan fingerprint density at radius 2 is 1.71 bits per heavy atom. The van der Waals surface area contributed by atoms with Crippen molar-refractivity contribution in [3.05, 3.63) is 66.0 Å². The number of carbonyl (C=O) groups is 1. The third-order valence-electron chi connectivity index (χ3n) is 4.30. The molecule has 0 radical (unpaired) electrons. The Hall–Kier alpha value is -2.40. The number of hydrogen-bond acceptors (Lipinski definition) is 2. The van der Waals surface area contributed by atoms with Crippen molar-refractivity contribution in [2.45, 2.75) is 6.54 Å². The van der Waals surface area contributed by atoms with Gasteiger partial charge in [-0.05, 0) is 24.3 Å². The molecule has 2 aromatic carbocycles. The van der Waals surface area contributed by atoms with E-state index in [1.807, 2.05) is 47.4 Å². The highest BCUT2D eigenvalue weighted by Gasteiger charge is 2.23. The van der Waals surface area contributed by atoms with Gasteiger partial charge < -0.3 is 14.5 Å². The Morgan fingerprint density at radius 3 is 2.38 bits per heavy atom. The fraction of sp³-hybridized carbons (Fsp3) is 0.316. The molecule has 126 valence electrons. The van der Waals surface area contributed by atoms with E-state index in [1.54, 1.807) is 0 Å². The summed E-state index contributed by atoms with van der Waals surface area (Å²) in [6.07, 6.45) is 0. The minimum Gasteiger partial charge on any atom is -0.484 e. The SMILES string of the molecule is O=C(COc1ccccc1)N1CC[NH+](Cc2ccc(F)cc2)CC1. The van der Waals surface area contributed by atoms with E-state index in [4.69, 9.17) is 4.74 Å². The summed E-state index contributed by atoms with van der Waals surface area (Å²) in [6, 6.07) is 16.0. The lowest BCUT2D eigenvalue weighted by Gasteiger charge is -2.32. The smallest absolute Gasteiger partial charge is 0.260 e. The molecule has 1 saturated heterocycles. The maximum absolute atomic E-state index is 12.9. The van der Waals surface area contributed by atoms with Gasteiger partial charge in [0, 0.05) is 5.56 Å². The molecule has 2 aromatic rings. The van der Waals surface area contributed by atoms with Crippen molar-refractivity contribution in [2.75, 3.05) is 32.8 Å². The summed E-state index contributed by atoms with van der Waals surface area (Å²) < 4.78 is 18.5. The molecule has 4 nitrogen and oxygen atoms in total. The number of amides is 1. The van der Waals surface area contributed by atoms with E-state index in [0.717, 1.165) is 38.3 Å². The molecule has 0 unspecified atom stereocenters. The number of nitrogens with zero attached hydrogens (tertiary/aromatic N) is 1. The van der Waals surface area contributed by atoms with Gasteiger partial charge in [0.1, 0.15) is 18.1 Å². The zero-order chi connectivity index (χ0) is 16.8. The number of para-hydroxylation sites is 1. The van der Waals surface area contributed by atoms with Crippen LogP contribution in [0.4, 0.5) is 4.39 Å². The largest absolute Gasteiger partial charge is 0.484 e. The molecule has 0 spiro atoms. The molecule has 0 bridgehead atoms. The molecule has 1 aliphatic rings. The topological polar surface area (TPSA) is 34.0 Å². The molecule has 24 heavy (non-hydrogen) atoms. The second-order valence-corrected chi connectivity index (χ2v) is 6.04. The van der Waals surface area contributed by atoms with E-state index in [-0.39, 0.29) is 18.3 Å². The van der Waals surface area contributed by atoms with Crippen molar-refractivity contribution in [1.29, 1.82) is 0 Å². The predicted octanol–water partition coefficient (Wildman–Crippen LogP) is 1.13. The average Bonchev–Trinajstić information content (AvgIpc) is 2.63. The summed E-state index contributed by atoms with van der Waals surface area (Å²) in [4.78, 5) is 15.5. The highest BCUT2D eigenvalue weighted by Crippen LogP contribution is 2.08. The number of rotatable bonds is 5. The van der Waals surface area contributed by atoms with E-state index in [9.17, 15) is 9.18 Å². The molecule has 1 fully saturated rings. The van der Waals surface area contributed by atoms with E-state index < -0.39 is 0 Å². The molecule has 1 aliphatic heterocycles. The molecular formula is C19H22FN2O2+. The van der Waals surface area contributed by atoms with E-state index in [2.05, 4.69) is 0 Å². The van der Waals surface area contributed by atoms with Crippen LogP contribution >= 0.6 is 0 Å². The Morgan fingerprint density at radius 1 is 1.04 bits per heavy atom. The number of hydrogen-bond donors (Lipinski definition) is 1. The van der Waals surface area contributed by atoms with Gasteiger partial charge in [0.2, 0.25) is 0 Å². The number of piperazine rings is 1. The molecule has 0 atom stereocenters. The second-order valence-electron chi connectivity index (χ2n) is 6.04. The third-order valence-corrected chi connectivity index (χ3v) is 4.30. The summed E-state index contributed by atoms with van der Waals surface area (Å²) in [5.74, 6) is 0.536. The van der Waals surface area contributed by atoms with Crippen LogP contribution in [-0.4, -0.2) is 43.6 Å². The fourth-order valence-electron chi connectivity index (χ4n) is 2.89. The first-order valence-electron chi connectivity index (χ1n) is 8.24. The standard InChI is InChI=1S/C19H21FN2O2/c20-17-8-6-16(7-9-17)14-21-10-12-22(13-11-21)19(23)15-24-18-4-2-1-3-5-18/h1-9H,10-15H2/p+1. The summed E-state index contributed by atoms with van der Waals surface area (Å²) in [5.41, 5.74) is 1.12. The first-order valence-corrected chi connectivity index (χ1v) is 8.24. The minimum atomic E-state index is -0.206. The number of carbonyl (C=O) groups excluding carboxylic acids is 1. The van der Waals surface area contributed by atoms with Crippen molar-refractivity contribution in [2.24, 2.45) is 0 Å². The number of benzene rings is 2. The quantitative estimate of drug-likeness (QED) is 0.892. The Labute approximate surface area is 141 Å². The average molecular weight is 329 g/mol. The number of ether oxygens (including phenoxy) is 1. The molecule has 1 N–H and O–H groups in total. The van der Waals surface area contributed by atoms with Gasteiger partial charge in [-0.25, -0.2) is 4.39 Å². The van der Waals surface area contributed by atoms with Gasteiger partial charge in [-0.3, -0.25) is 4.79 Å². The maximum atomic E-state index is 12.9. The number of quaternary nitrogens is 1. The summed E-state index contributed by atoms with van der Waals surface area (Å²) >= 11 is 0. The van der Waals surface area contributed by atoms with Crippen LogP contribution in [0.1, 0.15) is 5.56 Å². The first-order chi connectivity index (χ1) is 11.7. The van der Waals surface area contributed by atoms with E-state index in [1.165, 1.54) is 17.0 Å². The van der Waals surface area contributed by atoms with Crippen LogP contribution in [0, 0.1) is 5.82 Å². The molecule has 0 aromatic heterocycles. The lowest BCUT2D eigenvalue weighted by Crippen LogP contribution is -3.13. The molecule has 1 heterocycles. The molecule has 0 aliphatic carbocycles. The van der Waals surface area contributed by atoms with Gasteiger partial charge >= 0.3 is 0 Å². The lowest BCUT2D eigenvalue weighted by molar-refractivity contribution is -0.917. The van der Waals surface area contributed by atoms with E-state index >= 15 is 0 Å². The van der Waals surface area contributed by atoms with Gasteiger partial charge in [-0.15, -0.1) is 0 Å². The van der Waals surface area contributed by atoms with Crippen LogP contribution in [0.25, 0.3) is 0 Å². The number of halogens is 1. The van der Waals surface area contributed by atoms with Crippen molar-refractivity contribution >= 4 is 5.91 Å². The first kappa shape index (κ1) is 16.5.